The van der Waals surface area contributed by atoms with Gasteiger partial charge in [0.05, 0.1) is 11.6 Å². The average Bonchev–Trinajstić information content (AvgIpc) is 2.46. The summed E-state index contributed by atoms with van der Waals surface area (Å²) in [5.74, 6) is -0.452. The highest BCUT2D eigenvalue weighted by molar-refractivity contribution is 5.37. The van der Waals surface area contributed by atoms with Crippen LogP contribution in [0.1, 0.15) is 16.9 Å². The summed E-state index contributed by atoms with van der Waals surface area (Å²) in [6.45, 7) is -0.526. The lowest BCUT2D eigenvalue weighted by Crippen LogP contribution is -2.08. The molecule has 5 nitrogen and oxygen atoms in total. The number of hydrogen-bond donors (Lipinski definition) is 1. The highest BCUT2D eigenvalue weighted by atomic mass is 19.1. The maximum atomic E-state index is 13.1. The Morgan fingerprint density at radius 2 is 2.20 bits per heavy atom. The highest BCUT2D eigenvalue weighted by Gasteiger charge is 2.08. The first-order valence-electron chi connectivity index (χ1n) is 5.68. The maximum absolute atomic E-state index is 13.1. The lowest BCUT2D eigenvalue weighted by atomic mass is 10.1. The van der Waals surface area contributed by atoms with Gasteiger partial charge in [0.1, 0.15) is 31.1 Å². The van der Waals surface area contributed by atoms with Crippen LogP contribution in [0.5, 0.6) is 5.75 Å². The summed E-state index contributed by atoms with van der Waals surface area (Å²) in [4.78, 5) is 11.6. The second-order valence-electron chi connectivity index (χ2n) is 3.93. The fourth-order valence-corrected chi connectivity index (χ4v) is 1.57. The number of halogens is 1. The normalized spacial score (nSPS) is 10.1. The van der Waals surface area contributed by atoms with Crippen molar-refractivity contribution in [3.8, 4) is 11.8 Å². The molecule has 2 rings (SSSR count). The minimum atomic E-state index is -0.495. The molecule has 0 bridgehead atoms. The van der Waals surface area contributed by atoms with E-state index >= 15 is 0 Å². The van der Waals surface area contributed by atoms with Crippen molar-refractivity contribution in [2.75, 3.05) is 0 Å². The highest BCUT2D eigenvalue weighted by Crippen LogP contribution is 2.14. The van der Waals surface area contributed by atoms with Gasteiger partial charge in [-0.3, -0.25) is 4.79 Å². The first-order chi connectivity index (χ1) is 9.63. The first kappa shape index (κ1) is 13.8. The van der Waals surface area contributed by atoms with E-state index in [4.69, 9.17) is 19.5 Å². The van der Waals surface area contributed by atoms with Crippen molar-refractivity contribution in [3.63, 3.8) is 0 Å². The standard InChI is InChI=1S/C14H10FNO4/c15-11-2-1-9(5-16)10(3-11)7-20-14-8-19-12(6-17)4-13(14)18/h1-4,8,17H,6-7H2. The van der Waals surface area contributed by atoms with Crippen LogP contribution in [0.15, 0.2) is 39.7 Å². The molecule has 0 saturated heterocycles. The molecule has 0 radical (unpaired) electrons. The molecule has 102 valence electrons. The number of rotatable bonds is 4. The largest absolute Gasteiger partial charge is 0.482 e. The molecule has 0 aliphatic heterocycles. The van der Waals surface area contributed by atoms with Gasteiger partial charge in [-0.05, 0) is 18.2 Å². The lowest BCUT2D eigenvalue weighted by Gasteiger charge is -2.07. The van der Waals surface area contributed by atoms with Crippen LogP contribution < -0.4 is 10.2 Å². The molecule has 1 aromatic heterocycles. The number of benzene rings is 1. The summed E-state index contributed by atoms with van der Waals surface area (Å²) in [5.41, 5.74) is 0.135. The zero-order chi connectivity index (χ0) is 14.5. The summed E-state index contributed by atoms with van der Waals surface area (Å²) in [5, 5.41) is 17.7. The van der Waals surface area contributed by atoms with E-state index in [-0.39, 0.29) is 23.7 Å². The van der Waals surface area contributed by atoms with Gasteiger partial charge in [-0.2, -0.15) is 5.26 Å². The van der Waals surface area contributed by atoms with E-state index in [2.05, 4.69) is 0 Å². The van der Waals surface area contributed by atoms with Crippen LogP contribution in [0, 0.1) is 17.1 Å². The molecule has 20 heavy (non-hydrogen) atoms. The van der Waals surface area contributed by atoms with Crippen molar-refractivity contribution in [2.24, 2.45) is 0 Å². The van der Waals surface area contributed by atoms with E-state index in [1.165, 1.54) is 18.2 Å². The molecule has 0 aliphatic rings. The Labute approximate surface area is 113 Å². The second kappa shape index (κ2) is 5.99. The Morgan fingerprint density at radius 1 is 1.40 bits per heavy atom. The summed E-state index contributed by atoms with van der Waals surface area (Å²) in [6.07, 6.45) is 1.07. The third-order valence-corrected chi connectivity index (χ3v) is 2.58. The molecule has 0 amide bonds. The number of aliphatic hydroxyl groups is 1. The first-order valence-corrected chi connectivity index (χ1v) is 5.68. The summed E-state index contributed by atoms with van der Waals surface area (Å²) in [7, 11) is 0. The monoisotopic (exact) mass is 275 g/mol. The van der Waals surface area contributed by atoms with Crippen molar-refractivity contribution in [1.29, 1.82) is 5.26 Å². The molecule has 0 spiro atoms. The van der Waals surface area contributed by atoms with Crippen LogP contribution in [0.4, 0.5) is 4.39 Å². The number of hydrogen-bond acceptors (Lipinski definition) is 5. The number of nitrogens with zero attached hydrogens (tertiary/aromatic N) is 1. The summed E-state index contributed by atoms with van der Waals surface area (Å²) >= 11 is 0. The molecule has 0 aliphatic carbocycles. The maximum Gasteiger partial charge on any atom is 0.227 e. The Kier molecular flexibility index (Phi) is 4.13. The van der Waals surface area contributed by atoms with Gasteiger partial charge in [0, 0.05) is 11.6 Å². The van der Waals surface area contributed by atoms with E-state index in [0.717, 1.165) is 12.3 Å². The van der Waals surface area contributed by atoms with Gasteiger partial charge in [-0.25, -0.2) is 4.39 Å². The Bertz CT molecular complexity index is 718. The molecule has 1 heterocycles. The Hall–Kier alpha value is -2.65. The molecule has 1 aromatic carbocycles. The molecular formula is C14H10FNO4. The molecule has 2 aromatic rings. The van der Waals surface area contributed by atoms with Crippen molar-refractivity contribution in [3.05, 3.63) is 63.5 Å². The van der Waals surface area contributed by atoms with E-state index in [1.54, 1.807) is 0 Å². The van der Waals surface area contributed by atoms with Crippen LogP contribution in [0.2, 0.25) is 0 Å². The van der Waals surface area contributed by atoms with Crippen molar-refractivity contribution >= 4 is 0 Å². The number of ether oxygens (including phenoxy) is 1. The molecule has 1 N–H and O–H groups in total. The van der Waals surface area contributed by atoms with Crippen LogP contribution in [0.3, 0.4) is 0 Å². The lowest BCUT2D eigenvalue weighted by molar-refractivity contribution is 0.236. The molecule has 0 unspecified atom stereocenters. The van der Waals surface area contributed by atoms with Crippen molar-refractivity contribution in [1.82, 2.24) is 0 Å². The second-order valence-corrected chi connectivity index (χ2v) is 3.93. The van der Waals surface area contributed by atoms with Gasteiger partial charge in [-0.1, -0.05) is 0 Å². The van der Waals surface area contributed by atoms with Crippen molar-refractivity contribution in [2.45, 2.75) is 13.2 Å². The third-order valence-electron chi connectivity index (χ3n) is 2.58. The van der Waals surface area contributed by atoms with E-state index in [1.807, 2.05) is 6.07 Å². The van der Waals surface area contributed by atoms with Gasteiger partial charge in [-0.15, -0.1) is 0 Å². The topological polar surface area (TPSA) is 83.5 Å². The van der Waals surface area contributed by atoms with Crippen LogP contribution in [-0.2, 0) is 13.2 Å². The number of nitriles is 1. The summed E-state index contributed by atoms with van der Waals surface area (Å²) in [6, 6.07) is 6.69. The van der Waals surface area contributed by atoms with Gasteiger partial charge < -0.3 is 14.3 Å². The molecular weight excluding hydrogens is 265 g/mol. The molecule has 6 heteroatoms. The van der Waals surface area contributed by atoms with Gasteiger partial charge in [0.2, 0.25) is 11.2 Å². The zero-order valence-electron chi connectivity index (χ0n) is 10.3. The SMILES string of the molecule is N#Cc1ccc(F)cc1COc1coc(CO)cc1=O. The van der Waals surface area contributed by atoms with Crippen molar-refractivity contribution < 1.29 is 18.7 Å². The molecule has 0 fully saturated rings. The fourth-order valence-electron chi connectivity index (χ4n) is 1.57. The van der Waals surface area contributed by atoms with E-state index in [9.17, 15) is 9.18 Å². The van der Waals surface area contributed by atoms with Gasteiger partial charge >= 0.3 is 0 Å². The van der Waals surface area contributed by atoms with Crippen LogP contribution in [0.25, 0.3) is 0 Å². The van der Waals surface area contributed by atoms with Gasteiger partial charge in [0.15, 0.2) is 0 Å². The minimum Gasteiger partial charge on any atom is -0.482 e. The third kappa shape index (κ3) is 3.02. The molecule has 0 saturated carbocycles. The Balaban J connectivity index is 2.19. The number of aliphatic hydroxyl groups excluding tert-OH is 1. The average molecular weight is 275 g/mol. The van der Waals surface area contributed by atoms with E-state index < -0.39 is 17.9 Å². The van der Waals surface area contributed by atoms with Gasteiger partial charge in [0.25, 0.3) is 0 Å². The van der Waals surface area contributed by atoms with Crippen LogP contribution >= 0.6 is 0 Å². The quantitative estimate of drug-likeness (QED) is 0.918. The van der Waals surface area contributed by atoms with E-state index in [0.29, 0.717) is 5.56 Å². The predicted octanol–water partition coefficient (Wildman–Crippen LogP) is 1.72. The minimum absolute atomic E-state index is 0.0737. The zero-order valence-corrected chi connectivity index (χ0v) is 10.3. The summed E-state index contributed by atoms with van der Waals surface area (Å²) < 4.78 is 23.3. The Morgan fingerprint density at radius 3 is 2.85 bits per heavy atom. The predicted molar refractivity (Wildman–Crippen MR) is 66.3 cm³/mol. The fraction of sp³-hybridized carbons (Fsp3) is 0.143. The smallest absolute Gasteiger partial charge is 0.227 e. The van der Waals surface area contributed by atoms with Crippen LogP contribution in [-0.4, -0.2) is 5.11 Å². The molecule has 0 atom stereocenters.